The van der Waals surface area contributed by atoms with Gasteiger partial charge in [-0.25, -0.2) is 4.63 Å². The van der Waals surface area contributed by atoms with Crippen molar-refractivity contribution < 1.29 is 14.2 Å². The number of aromatic nitrogens is 2. The summed E-state index contributed by atoms with van der Waals surface area (Å²) >= 11 is 0. The molecule has 6 heteroatoms. The van der Waals surface area contributed by atoms with Crippen LogP contribution >= 0.6 is 0 Å². The molecule has 2 aromatic rings. The summed E-state index contributed by atoms with van der Waals surface area (Å²) in [7, 11) is 0. The van der Waals surface area contributed by atoms with Crippen molar-refractivity contribution >= 4 is 11.7 Å². The van der Waals surface area contributed by atoms with Crippen molar-refractivity contribution in [1.29, 1.82) is 0 Å². The topological polar surface area (TPSA) is 77.2 Å². The van der Waals surface area contributed by atoms with Gasteiger partial charge in [0.25, 0.3) is 5.91 Å². The van der Waals surface area contributed by atoms with Crippen LogP contribution in [0.4, 0.5) is 5.82 Å². The molecular weight excluding hydrogens is 258 g/mol. The summed E-state index contributed by atoms with van der Waals surface area (Å²) in [6.07, 6.45) is 1.61. The summed E-state index contributed by atoms with van der Waals surface area (Å²) in [5, 5.41) is 9.92. The third-order valence-corrected chi connectivity index (χ3v) is 2.85. The average Bonchev–Trinajstić information content (AvgIpc) is 2.92. The van der Waals surface area contributed by atoms with Crippen LogP contribution in [0.15, 0.2) is 28.9 Å². The Morgan fingerprint density at radius 3 is 2.60 bits per heavy atom. The molecule has 0 saturated carbocycles. The van der Waals surface area contributed by atoms with Crippen LogP contribution in [0.1, 0.15) is 25.1 Å². The van der Waals surface area contributed by atoms with Gasteiger partial charge in [0.1, 0.15) is 11.4 Å². The molecule has 0 atom stereocenters. The Kier molecular flexibility index (Phi) is 4.70. The lowest BCUT2D eigenvalue weighted by molar-refractivity contribution is -0.118. The fourth-order valence-electron chi connectivity index (χ4n) is 1.67. The summed E-state index contributed by atoms with van der Waals surface area (Å²) < 4.78 is 9.97. The van der Waals surface area contributed by atoms with Gasteiger partial charge in [-0.05, 0) is 35.7 Å². The molecule has 0 fully saturated rings. The van der Waals surface area contributed by atoms with Gasteiger partial charge in [-0.2, -0.15) is 0 Å². The molecule has 0 aliphatic rings. The van der Waals surface area contributed by atoms with Crippen molar-refractivity contribution in [3.05, 3.63) is 35.5 Å². The summed E-state index contributed by atoms with van der Waals surface area (Å²) in [6, 6.07) is 7.65. The molecule has 0 saturated heterocycles. The summed E-state index contributed by atoms with van der Waals surface area (Å²) in [4.78, 5) is 11.7. The predicted molar refractivity (Wildman–Crippen MR) is 73.6 cm³/mol. The van der Waals surface area contributed by atoms with Crippen LogP contribution in [0.3, 0.4) is 0 Å². The normalized spacial score (nSPS) is 10.3. The second-order valence-corrected chi connectivity index (χ2v) is 4.25. The first kappa shape index (κ1) is 14.0. The quantitative estimate of drug-likeness (QED) is 0.874. The highest BCUT2D eigenvalue weighted by molar-refractivity contribution is 5.91. The zero-order valence-electron chi connectivity index (χ0n) is 11.5. The molecule has 0 radical (unpaired) electrons. The number of anilines is 1. The van der Waals surface area contributed by atoms with Crippen molar-refractivity contribution in [2.75, 3.05) is 11.9 Å². The lowest BCUT2D eigenvalue weighted by atomic mass is 10.2. The van der Waals surface area contributed by atoms with E-state index in [1.54, 1.807) is 0 Å². The van der Waals surface area contributed by atoms with E-state index in [9.17, 15) is 4.79 Å². The van der Waals surface area contributed by atoms with E-state index < -0.39 is 0 Å². The first-order valence-electron chi connectivity index (χ1n) is 6.56. The van der Waals surface area contributed by atoms with E-state index in [0.29, 0.717) is 23.7 Å². The Morgan fingerprint density at radius 2 is 1.95 bits per heavy atom. The van der Waals surface area contributed by atoms with Crippen molar-refractivity contribution in [3.8, 4) is 5.75 Å². The highest BCUT2D eigenvalue weighted by Gasteiger charge is 2.11. The number of hydrogen-bond acceptors (Lipinski definition) is 5. The van der Waals surface area contributed by atoms with Crippen LogP contribution in [0.2, 0.25) is 0 Å². The number of benzene rings is 1. The zero-order chi connectivity index (χ0) is 14.4. The van der Waals surface area contributed by atoms with Crippen LogP contribution in [0, 0.1) is 0 Å². The van der Waals surface area contributed by atoms with Crippen molar-refractivity contribution in [2.45, 2.75) is 26.7 Å². The second kappa shape index (κ2) is 6.70. The van der Waals surface area contributed by atoms with E-state index in [1.165, 1.54) is 5.56 Å². The fraction of sp³-hybridized carbons (Fsp3) is 0.357. The molecule has 20 heavy (non-hydrogen) atoms. The van der Waals surface area contributed by atoms with E-state index >= 15 is 0 Å². The van der Waals surface area contributed by atoms with Crippen molar-refractivity contribution in [2.24, 2.45) is 0 Å². The third-order valence-electron chi connectivity index (χ3n) is 2.85. The SMILES string of the molecule is CCc1ccc(OCC(=O)Nc2nonc2CC)cc1. The molecule has 0 aliphatic carbocycles. The first-order chi connectivity index (χ1) is 9.72. The van der Waals surface area contributed by atoms with E-state index in [-0.39, 0.29) is 12.5 Å². The van der Waals surface area contributed by atoms with Gasteiger partial charge in [-0.1, -0.05) is 31.1 Å². The van der Waals surface area contributed by atoms with E-state index in [1.807, 2.05) is 31.2 Å². The number of ether oxygens (including phenoxy) is 1. The molecule has 0 spiro atoms. The standard InChI is InChI=1S/C14H17N3O3/c1-3-10-5-7-11(8-6-10)19-9-13(18)15-14-12(4-2)16-20-17-14/h5-8H,3-4,9H2,1-2H3,(H,15,17,18). The van der Waals surface area contributed by atoms with E-state index in [2.05, 4.69) is 27.2 Å². The molecule has 1 aromatic heterocycles. The minimum absolute atomic E-state index is 0.0819. The molecule has 0 aliphatic heterocycles. The first-order valence-corrected chi connectivity index (χ1v) is 6.56. The van der Waals surface area contributed by atoms with Gasteiger partial charge >= 0.3 is 0 Å². The van der Waals surface area contributed by atoms with Gasteiger partial charge < -0.3 is 10.1 Å². The van der Waals surface area contributed by atoms with Gasteiger partial charge in [-0.15, -0.1) is 0 Å². The summed E-state index contributed by atoms with van der Waals surface area (Å²) in [5.41, 5.74) is 1.84. The third kappa shape index (κ3) is 3.57. The number of nitrogens with zero attached hydrogens (tertiary/aromatic N) is 2. The summed E-state index contributed by atoms with van der Waals surface area (Å²) in [5.74, 6) is 0.712. The molecule has 2 rings (SSSR count). The van der Waals surface area contributed by atoms with Crippen LogP contribution < -0.4 is 10.1 Å². The van der Waals surface area contributed by atoms with Crippen LogP contribution in [-0.4, -0.2) is 22.8 Å². The highest BCUT2D eigenvalue weighted by Crippen LogP contribution is 2.13. The molecule has 106 valence electrons. The molecule has 1 amide bonds. The summed E-state index contributed by atoms with van der Waals surface area (Å²) in [6.45, 7) is 3.91. The number of nitrogens with one attached hydrogen (secondary N) is 1. The zero-order valence-corrected chi connectivity index (χ0v) is 11.5. The number of rotatable bonds is 6. The minimum Gasteiger partial charge on any atom is -0.484 e. The number of hydrogen-bond donors (Lipinski definition) is 1. The van der Waals surface area contributed by atoms with Gasteiger partial charge in [0.15, 0.2) is 6.61 Å². The molecule has 6 nitrogen and oxygen atoms in total. The van der Waals surface area contributed by atoms with E-state index in [0.717, 1.165) is 6.42 Å². The molecule has 1 heterocycles. The fourth-order valence-corrected chi connectivity index (χ4v) is 1.67. The Hall–Kier alpha value is -2.37. The molecule has 0 bridgehead atoms. The molecule has 1 aromatic carbocycles. The number of aryl methyl sites for hydroxylation is 2. The maximum absolute atomic E-state index is 11.7. The lowest BCUT2D eigenvalue weighted by Crippen LogP contribution is -2.21. The van der Waals surface area contributed by atoms with Gasteiger partial charge in [-0.3, -0.25) is 4.79 Å². The average molecular weight is 275 g/mol. The monoisotopic (exact) mass is 275 g/mol. The highest BCUT2D eigenvalue weighted by atomic mass is 16.6. The maximum Gasteiger partial charge on any atom is 0.263 e. The maximum atomic E-state index is 11.7. The van der Waals surface area contributed by atoms with Crippen molar-refractivity contribution in [1.82, 2.24) is 10.3 Å². The minimum atomic E-state index is -0.296. The van der Waals surface area contributed by atoms with Crippen molar-refractivity contribution in [3.63, 3.8) is 0 Å². The second-order valence-electron chi connectivity index (χ2n) is 4.25. The van der Waals surface area contributed by atoms with Gasteiger partial charge in [0.2, 0.25) is 5.82 Å². The lowest BCUT2D eigenvalue weighted by Gasteiger charge is -2.06. The predicted octanol–water partition coefficient (Wildman–Crippen LogP) is 2.21. The van der Waals surface area contributed by atoms with Crippen LogP contribution in [0.25, 0.3) is 0 Å². The molecule has 0 unspecified atom stereocenters. The van der Waals surface area contributed by atoms with Crippen LogP contribution in [-0.2, 0) is 17.6 Å². The molecule has 1 N–H and O–H groups in total. The van der Waals surface area contributed by atoms with Gasteiger partial charge in [0, 0.05) is 0 Å². The Balaban J connectivity index is 1.85. The molecular formula is C14H17N3O3. The van der Waals surface area contributed by atoms with Gasteiger partial charge in [0.05, 0.1) is 0 Å². The smallest absolute Gasteiger partial charge is 0.263 e. The Morgan fingerprint density at radius 1 is 1.20 bits per heavy atom. The number of amides is 1. The Labute approximate surface area is 117 Å². The number of carbonyl (C=O) groups is 1. The number of carbonyl (C=O) groups excluding carboxylic acids is 1. The Bertz CT molecular complexity index is 563. The van der Waals surface area contributed by atoms with E-state index in [4.69, 9.17) is 4.74 Å². The largest absolute Gasteiger partial charge is 0.484 e. The van der Waals surface area contributed by atoms with Crippen LogP contribution in [0.5, 0.6) is 5.75 Å².